The summed E-state index contributed by atoms with van der Waals surface area (Å²) in [7, 11) is 3.60. The van der Waals surface area contributed by atoms with Crippen LogP contribution in [0, 0.1) is 5.92 Å². The molecule has 0 aliphatic heterocycles. The molecule has 150 valence electrons. The molecule has 1 atom stereocenters. The topological polar surface area (TPSA) is 27.7 Å². The van der Waals surface area contributed by atoms with Crippen LogP contribution >= 0.6 is 0 Å². The Kier molecular flexibility index (Phi) is 16.5. The second-order valence-electron chi connectivity index (χ2n) is 7.02. The number of allylic oxidation sites excluding steroid dienone is 1. The van der Waals surface area contributed by atoms with Crippen molar-refractivity contribution in [3.63, 3.8) is 0 Å². The van der Waals surface area contributed by atoms with Crippen molar-refractivity contribution in [1.29, 1.82) is 0 Å². The zero-order valence-corrected chi connectivity index (χ0v) is 17.6. The summed E-state index contributed by atoms with van der Waals surface area (Å²) in [5, 5.41) is 0. The first-order valence-electron chi connectivity index (χ1n) is 10.6. The molecule has 0 radical (unpaired) electrons. The average molecular weight is 357 g/mol. The SMILES string of the molecule is CCC=COCCCC(CCCCCCCC)C(CCC)(OC)OC. The zero-order chi connectivity index (χ0) is 18.8. The molecule has 0 amide bonds. The van der Waals surface area contributed by atoms with Gasteiger partial charge in [-0.05, 0) is 25.7 Å². The molecule has 0 aliphatic carbocycles. The second-order valence-corrected chi connectivity index (χ2v) is 7.02. The van der Waals surface area contributed by atoms with Crippen molar-refractivity contribution in [2.45, 2.75) is 104 Å². The lowest BCUT2D eigenvalue weighted by molar-refractivity contribution is -0.247. The monoisotopic (exact) mass is 356 g/mol. The molecule has 0 spiro atoms. The summed E-state index contributed by atoms with van der Waals surface area (Å²) in [6, 6.07) is 0. The van der Waals surface area contributed by atoms with Crippen LogP contribution in [0.5, 0.6) is 0 Å². The van der Waals surface area contributed by atoms with E-state index in [1.807, 2.05) is 6.26 Å². The number of ether oxygens (including phenoxy) is 3. The van der Waals surface area contributed by atoms with Gasteiger partial charge in [0.1, 0.15) is 0 Å². The molecule has 0 aromatic heterocycles. The van der Waals surface area contributed by atoms with Gasteiger partial charge in [0.2, 0.25) is 0 Å². The van der Waals surface area contributed by atoms with Gasteiger partial charge in [-0.3, -0.25) is 0 Å². The minimum atomic E-state index is -0.433. The van der Waals surface area contributed by atoms with Gasteiger partial charge in [0, 0.05) is 26.6 Å². The Morgan fingerprint density at radius 1 is 0.800 bits per heavy atom. The van der Waals surface area contributed by atoms with E-state index in [0.29, 0.717) is 5.92 Å². The number of rotatable bonds is 18. The van der Waals surface area contributed by atoms with Crippen LogP contribution < -0.4 is 0 Å². The van der Waals surface area contributed by atoms with Crippen molar-refractivity contribution < 1.29 is 14.2 Å². The first-order valence-corrected chi connectivity index (χ1v) is 10.6. The van der Waals surface area contributed by atoms with Gasteiger partial charge >= 0.3 is 0 Å². The fourth-order valence-electron chi connectivity index (χ4n) is 3.57. The zero-order valence-electron chi connectivity index (χ0n) is 17.6. The van der Waals surface area contributed by atoms with Gasteiger partial charge < -0.3 is 14.2 Å². The van der Waals surface area contributed by atoms with Crippen LogP contribution in [-0.2, 0) is 14.2 Å². The molecule has 1 unspecified atom stereocenters. The quantitative estimate of drug-likeness (QED) is 0.152. The van der Waals surface area contributed by atoms with E-state index in [-0.39, 0.29) is 0 Å². The summed E-state index contributed by atoms with van der Waals surface area (Å²) >= 11 is 0. The van der Waals surface area contributed by atoms with Gasteiger partial charge in [0.05, 0.1) is 12.9 Å². The summed E-state index contributed by atoms with van der Waals surface area (Å²) in [5.41, 5.74) is 0. The van der Waals surface area contributed by atoms with Crippen molar-refractivity contribution in [2.24, 2.45) is 5.92 Å². The minimum Gasteiger partial charge on any atom is -0.502 e. The number of hydrogen-bond acceptors (Lipinski definition) is 3. The van der Waals surface area contributed by atoms with Gasteiger partial charge in [-0.1, -0.05) is 71.8 Å². The number of unbranched alkanes of at least 4 members (excludes halogenated alkanes) is 5. The predicted octanol–water partition coefficient (Wildman–Crippen LogP) is 6.86. The highest BCUT2D eigenvalue weighted by Gasteiger charge is 2.37. The highest BCUT2D eigenvalue weighted by atomic mass is 16.7. The first kappa shape index (κ1) is 24.5. The normalized spacial score (nSPS) is 13.5. The van der Waals surface area contributed by atoms with E-state index in [1.165, 1.54) is 44.9 Å². The fraction of sp³-hybridized carbons (Fsp3) is 0.909. The van der Waals surface area contributed by atoms with E-state index in [0.717, 1.165) is 38.7 Å². The van der Waals surface area contributed by atoms with E-state index in [1.54, 1.807) is 14.2 Å². The van der Waals surface area contributed by atoms with E-state index in [2.05, 4.69) is 26.8 Å². The van der Waals surface area contributed by atoms with Gasteiger partial charge in [0.25, 0.3) is 0 Å². The molecule has 0 aromatic carbocycles. The van der Waals surface area contributed by atoms with Crippen molar-refractivity contribution >= 4 is 0 Å². The van der Waals surface area contributed by atoms with Gasteiger partial charge in [0.15, 0.2) is 5.79 Å². The molecule has 0 bridgehead atoms. The maximum absolute atomic E-state index is 5.90. The van der Waals surface area contributed by atoms with Crippen molar-refractivity contribution in [2.75, 3.05) is 20.8 Å². The minimum absolute atomic E-state index is 0.433. The Bertz CT molecular complexity index is 298. The van der Waals surface area contributed by atoms with Crippen LogP contribution in [0.1, 0.15) is 97.8 Å². The lowest BCUT2D eigenvalue weighted by Gasteiger charge is -2.38. The fourth-order valence-corrected chi connectivity index (χ4v) is 3.57. The highest BCUT2D eigenvalue weighted by Crippen LogP contribution is 2.35. The molecule has 0 aliphatic rings. The Morgan fingerprint density at radius 2 is 1.44 bits per heavy atom. The van der Waals surface area contributed by atoms with Crippen LogP contribution in [0.2, 0.25) is 0 Å². The molecule has 3 nitrogen and oxygen atoms in total. The van der Waals surface area contributed by atoms with Crippen LogP contribution in [0.25, 0.3) is 0 Å². The van der Waals surface area contributed by atoms with E-state index >= 15 is 0 Å². The Labute approximate surface area is 157 Å². The average Bonchev–Trinajstić information content (AvgIpc) is 2.64. The molecule has 0 N–H and O–H groups in total. The maximum atomic E-state index is 5.90. The molecule has 0 saturated heterocycles. The van der Waals surface area contributed by atoms with E-state index in [4.69, 9.17) is 14.2 Å². The number of hydrogen-bond donors (Lipinski definition) is 0. The second kappa shape index (κ2) is 16.9. The van der Waals surface area contributed by atoms with Crippen LogP contribution in [0.3, 0.4) is 0 Å². The van der Waals surface area contributed by atoms with Crippen molar-refractivity contribution in [3.05, 3.63) is 12.3 Å². The summed E-state index contributed by atoms with van der Waals surface area (Å²) in [6.45, 7) is 7.36. The third kappa shape index (κ3) is 10.9. The number of methoxy groups -OCH3 is 2. The lowest BCUT2D eigenvalue weighted by Crippen LogP contribution is -2.42. The lowest BCUT2D eigenvalue weighted by atomic mass is 9.85. The largest absolute Gasteiger partial charge is 0.502 e. The Morgan fingerprint density at radius 3 is 2.04 bits per heavy atom. The summed E-state index contributed by atoms with van der Waals surface area (Å²) in [5.74, 6) is 0.00428. The predicted molar refractivity (Wildman–Crippen MR) is 108 cm³/mol. The third-order valence-corrected chi connectivity index (χ3v) is 5.06. The Balaban J connectivity index is 4.49. The van der Waals surface area contributed by atoms with E-state index in [9.17, 15) is 0 Å². The standard InChI is InChI=1S/C22H44O3/c1-6-9-11-12-13-14-16-21(17-15-20-25-19-10-7-2)22(23-4,24-5)18-8-3/h10,19,21H,6-9,11-18,20H2,1-5H3. The molecular formula is C22H44O3. The van der Waals surface area contributed by atoms with Gasteiger partial charge in [-0.15, -0.1) is 0 Å². The maximum Gasteiger partial charge on any atom is 0.170 e. The van der Waals surface area contributed by atoms with Gasteiger partial charge in [-0.2, -0.15) is 0 Å². The summed E-state index contributed by atoms with van der Waals surface area (Å²) < 4.78 is 17.4. The van der Waals surface area contributed by atoms with Gasteiger partial charge in [-0.25, -0.2) is 0 Å². The smallest absolute Gasteiger partial charge is 0.170 e. The molecule has 0 rings (SSSR count). The highest BCUT2D eigenvalue weighted by molar-refractivity contribution is 4.80. The van der Waals surface area contributed by atoms with Crippen molar-refractivity contribution in [1.82, 2.24) is 0 Å². The molecular weight excluding hydrogens is 312 g/mol. The van der Waals surface area contributed by atoms with Crippen LogP contribution in [-0.4, -0.2) is 26.6 Å². The first-order chi connectivity index (χ1) is 12.2. The summed E-state index contributed by atoms with van der Waals surface area (Å²) in [6.07, 6.45) is 18.2. The third-order valence-electron chi connectivity index (χ3n) is 5.06. The summed E-state index contributed by atoms with van der Waals surface area (Å²) in [4.78, 5) is 0. The molecule has 25 heavy (non-hydrogen) atoms. The molecule has 0 fully saturated rings. The van der Waals surface area contributed by atoms with Crippen molar-refractivity contribution in [3.8, 4) is 0 Å². The molecule has 3 heteroatoms. The molecule has 0 aromatic rings. The molecule has 0 saturated carbocycles. The Hall–Kier alpha value is -0.540. The molecule has 0 heterocycles. The van der Waals surface area contributed by atoms with Crippen LogP contribution in [0.4, 0.5) is 0 Å². The van der Waals surface area contributed by atoms with Crippen LogP contribution in [0.15, 0.2) is 12.3 Å². The van der Waals surface area contributed by atoms with E-state index < -0.39 is 5.79 Å².